The highest BCUT2D eigenvalue weighted by Crippen LogP contribution is 2.40. The summed E-state index contributed by atoms with van der Waals surface area (Å²) in [5, 5.41) is 0.375. The fraction of sp³-hybridized carbons (Fsp3) is 0.188. The molecule has 144 valence electrons. The summed E-state index contributed by atoms with van der Waals surface area (Å²) < 4.78 is 68.4. The number of rotatable bonds is 4. The largest absolute Gasteiger partial charge is 0.409 e. The van der Waals surface area contributed by atoms with E-state index in [1.165, 1.54) is 34.9 Å². The van der Waals surface area contributed by atoms with Crippen LogP contribution in [-0.2, 0) is 10.0 Å². The first-order valence-electron chi connectivity index (χ1n) is 7.44. The molecule has 0 aliphatic heterocycles. The maximum atomic E-state index is 13.7. The van der Waals surface area contributed by atoms with E-state index in [2.05, 4.69) is 4.98 Å². The molecule has 2 heterocycles. The molecule has 5 nitrogen and oxygen atoms in total. The van der Waals surface area contributed by atoms with Gasteiger partial charge in [0.25, 0.3) is 0 Å². The first kappa shape index (κ1) is 19.9. The van der Waals surface area contributed by atoms with Crippen LogP contribution < -0.4 is 0 Å². The Morgan fingerprint density at radius 3 is 2.33 bits per heavy atom. The van der Waals surface area contributed by atoms with Gasteiger partial charge in [-0.05, 0) is 29.8 Å². The third-order valence-electron chi connectivity index (χ3n) is 3.97. The van der Waals surface area contributed by atoms with Gasteiger partial charge in [-0.25, -0.2) is 13.4 Å². The first-order chi connectivity index (χ1) is 12.5. The van der Waals surface area contributed by atoms with Gasteiger partial charge >= 0.3 is 6.18 Å². The van der Waals surface area contributed by atoms with Crippen LogP contribution in [0.3, 0.4) is 0 Å². The van der Waals surface area contributed by atoms with Gasteiger partial charge in [0.2, 0.25) is 10.0 Å². The number of nitrogens with zero attached hydrogens (tertiary/aromatic N) is 3. The fourth-order valence-electron chi connectivity index (χ4n) is 2.64. The van der Waals surface area contributed by atoms with Crippen molar-refractivity contribution in [2.24, 2.45) is 0 Å². The van der Waals surface area contributed by atoms with Crippen molar-refractivity contribution < 1.29 is 21.6 Å². The second-order valence-electron chi connectivity index (χ2n) is 5.69. The average molecular weight is 438 g/mol. The van der Waals surface area contributed by atoms with Gasteiger partial charge in [-0.15, -0.1) is 0 Å². The van der Waals surface area contributed by atoms with E-state index >= 15 is 0 Å². The Bertz CT molecular complexity index is 1080. The standard InChI is InChI=1S/C16H12Cl2F3N3O2S/c1-23(15(16(19,20)21)10-2-4-11(17)5-3-10)27(25,26)12-6-7-14-22-8-13(18)24(14)9-12/h2-9,15H,1H3/t15-/m1/s1. The highest BCUT2D eigenvalue weighted by atomic mass is 35.5. The molecule has 0 bridgehead atoms. The van der Waals surface area contributed by atoms with Crippen molar-refractivity contribution in [1.82, 2.24) is 13.7 Å². The van der Waals surface area contributed by atoms with E-state index in [0.29, 0.717) is 5.65 Å². The number of benzene rings is 1. The smallest absolute Gasteiger partial charge is 0.289 e. The molecular weight excluding hydrogens is 426 g/mol. The molecule has 1 atom stereocenters. The predicted octanol–water partition coefficient (Wildman–Crippen LogP) is 4.57. The lowest BCUT2D eigenvalue weighted by atomic mass is 10.1. The molecule has 0 unspecified atom stereocenters. The summed E-state index contributed by atoms with van der Waals surface area (Å²) in [5.41, 5.74) is 0.117. The van der Waals surface area contributed by atoms with Crippen LogP contribution in [0.25, 0.3) is 5.65 Å². The molecule has 0 amide bonds. The van der Waals surface area contributed by atoms with E-state index in [9.17, 15) is 21.6 Å². The van der Waals surface area contributed by atoms with Crippen LogP contribution in [0.5, 0.6) is 0 Å². The minimum absolute atomic E-state index is 0.134. The number of pyridine rings is 1. The van der Waals surface area contributed by atoms with Gasteiger partial charge in [0.1, 0.15) is 16.8 Å². The lowest BCUT2D eigenvalue weighted by Gasteiger charge is -2.29. The normalized spacial score (nSPS) is 14.0. The lowest BCUT2D eigenvalue weighted by molar-refractivity contribution is -0.171. The first-order valence-corrected chi connectivity index (χ1v) is 9.64. The minimum atomic E-state index is -4.84. The van der Waals surface area contributed by atoms with Gasteiger partial charge < -0.3 is 0 Å². The Hall–Kier alpha value is -1.81. The van der Waals surface area contributed by atoms with Crippen LogP contribution in [0.4, 0.5) is 13.2 Å². The summed E-state index contributed by atoms with van der Waals surface area (Å²) >= 11 is 11.6. The SMILES string of the molecule is CN([C@H](c1ccc(Cl)cc1)C(F)(F)F)S(=O)(=O)c1ccc2ncc(Cl)n2c1. The van der Waals surface area contributed by atoms with Crippen LogP contribution in [0.15, 0.2) is 53.7 Å². The van der Waals surface area contributed by atoms with Gasteiger partial charge in [-0.1, -0.05) is 35.3 Å². The summed E-state index contributed by atoms with van der Waals surface area (Å²) in [7, 11) is -3.62. The van der Waals surface area contributed by atoms with Crippen LogP contribution in [0.2, 0.25) is 10.2 Å². The number of hydrogen-bond acceptors (Lipinski definition) is 3. The van der Waals surface area contributed by atoms with Crippen molar-refractivity contribution in [3.05, 3.63) is 64.5 Å². The second kappa shape index (κ2) is 6.97. The van der Waals surface area contributed by atoms with Crippen LogP contribution in [0.1, 0.15) is 11.6 Å². The van der Waals surface area contributed by atoms with Gasteiger partial charge in [0.05, 0.1) is 11.1 Å². The molecule has 3 aromatic rings. The van der Waals surface area contributed by atoms with E-state index in [0.717, 1.165) is 25.4 Å². The van der Waals surface area contributed by atoms with E-state index in [-0.39, 0.29) is 24.9 Å². The van der Waals surface area contributed by atoms with Crippen LogP contribution in [0, 0.1) is 0 Å². The molecule has 27 heavy (non-hydrogen) atoms. The molecule has 0 radical (unpaired) electrons. The zero-order chi connectivity index (χ0) is 20.0. The number of alkyl halides is 3. The van der Waals surface area contributed by atoms with Crippen molar-refractivity contribution in [2.45, 2.75) is 17.1 Å². The molecule has 11 heteroatoms. The van der Waals surface area contributed by atoms with Crippen molar-refractivity contribution in [3.63, 3.8) is 0 Å². The number of aromatic nitrogens is 2. The number of imidazole rings is 1. The second-order valence-corrected chi connectivity index (χ2v) is 8.51. The Labute approximate surface area is 163 Å². The number of hydrogen-bond donors (Lipinski definition) is 0. The highest BCUT2D eigenvalue weighted by molar-refractivity contribution is 7.89. The summed E-state index contributed by atoms with van der Waals surface area (Å²) in [6.45, 7) is 0. The lowest BCUT2D eigenvalue weighted by Crippen LogP contribution is -2.39. The number of fused-ring (bicyclic) bond motifs is 1. The molecule has 1 aromatic carbocycles. The monoisotopic (exact) mass is 437 g/mol. The van der Waals surface area contributed by atoms with Gasteiger partial charge in [-0.3, -0.25) is 4.40 Å². The van der Waals surface area contributed by atoms with E-state index in [4.69, 9.17) is 23.2 Å². The molecule has 0 saturated heterocycles. The predicted molar refractivity (Wildman–Crippen MR) is 95.4 cm³/mol. The van der Waals surface area contributed by atoms with Crippen molar-refractivity contribution >= 4 is 38.9 Å². The molecule has 3 rings (SSSR count). The van der Waals surface area contributed by atoms with Crippen molar-refractivity contribution in [2.75, 3.05) is 7.05 Å². The fourth-order valence-corrected chi connectivity index (χ4v) is 4.28. The Balaban J connectivity index is 2.09. The molecule has 2 aromatic heterocycles. The van der Waals surface area contributed by atoms with Crippen molar-refractivity contribution in [3.8, 4) is 0 Å². The summed E-state index contributed by atoms with van der Waals surface area (Å²) in [4.78, 5) is 3.60. The number of halogens is 5. The van der Waals surface area contributed by atoms with Gasteiger partial charge in [0.15, 0.2) is 0 Å². The Morgan fingerprint density at radius 2 is 1.74 bits per heavy atom. The maximum absolute atomic E-state index is 13.7. The van der Waals surface area contributed by atoms with Gasteiger partial charge in [-0.2, -0.15) is 17.5 Å². The molecule has 0 spiro atoms. The average Bonchev–Trinajstić information content (AvgIpc) is 2.96. The summed E-state index contributed by atoms with van der Waals surface area (Å²) in [5.74, 6) is 0. The summed E-state index contributed by atoms with van der Waals surface area (Å²) in [6.07, 6.45) is -2.40. The zero-order valence-corrected chi connectivity index (χ0v) is 16.0. The quantitative estimate of drug-likeness (QED) is 0.600. The number of sulfonamides is 1. The maximum Gasteiger partial charge on any atom is 0.409 e. The Kier molecular flexibility index (Phi) is 5.15. The zero-order valence-electron chi connectivity index (χ0n) is 13.7. The molecule has 0 aliphatic carbocycles. The van der Waals surface area contributed by atoms with Gasteiger partial charge in [0, 0.05) is 18.3 Å². The third kappa shape index (κ3) is 3.77. The van der Waals surface area contributed by atoms with E-state index in [1.54, 1.807) is 0 Å². The molecule has 0 N–H and O–H groups in total. The third-order valence-corrected chi connectivity index (χ3v) is 6.31. The van der Waals surface area contributed by atoms with E-state index in [1.807, 2.05) is 0 Å². The topological polar surface area (TPSA) is 54.7 Å². The summed E-state index contributed by atoms with van der Waals surface area (Å²) in [6, 6.07) is 4.98. The molecule has 0 saturated carbocycles. The molecule has 0 aliphatic rings. The minimum Gasteiger partial charge on any atom is -0.289 e. The van der Waals surface area contributed by atoms with Crippen LogP contribution in [-0.4, -0.2) is 35.3 Å². The van der Waals surface area contributed by atoms with E-state index < -0.39 is 22.2 Å². The molecule has 0 fully saturated rings. The van der Waals surface area contributed by atoms with Crippen molar-refractivity contribution in [1.29, 1.82) is 0 Å². The highest BCUT2D eigenvalue weighted by Gasteiger charge is 2.47. The Morgan fingerprint density at radius 1 is 1.11 bits per heavy atom. The van der Waals surface area contributed by atoms with Crippen LogP contribution >= 0.6 is 23.2 Å². The molecular formula is C16H12Cl2F3N3O2S.